The molecule has 0 bridgehead atoms. The summed E-state index contributed by atoms with van der Waals surface area (Å²) < 4.78 is 34.6. The number of carbonyl (C=O) groups is 1. The summed E-state index contributed by atoms with van der Waals surface area (Å²) in [6, 6.07) is 9.00. The Balaban J connectivity index is 1.50. The molecule has 2 saturated heterocycles. The second kappa shape index (κ2) is 10.6. The van der Waals surface area contributed by atoms with Crippen LogP contribution in [0.3, 0.4) is 0 Å². The standard InChI is InChI=1S/C23H31ClN4O4S/c1-26-17-18(33(30,31)28-9-5-2-6-10-28)15-21(26)23(29)25-16-22(27-11-13-32-14-12-27)19-7-3-4-8-20(19)24/h3-4,7-8,15,17,22H,2,5-6,9-14,16H2,1H3,(H,25,29). The van der Waals surface area contributed by atoms with Gasteiger partial charge in [-0.25, -0.2) is 8.42 Å². The number of nitrogens with zero attached hydrogens (tertiary/aromatic N) is 3. The number of ether oxygens (including phenoxy) is 1. The maximum atomic E-state index is 13.1. The lowest BCUT2D eigenvalue weighted by Crippen LogP contribution is -2.44. The van der Waals surface area contributed by atoms with Crippen LogP contribution in [0.1, 0.15) is 41.4 Å². The number of carbonyl (C=O) groups excluding carboxylic acids is 1. The van der Waals surface area contributed by atoms with Crippen LogP contribution in [-0.2, 0) is 21.8 Å². The average Bonchev–Trinajstić information content (AvgIpc) is 3.24. The third kappa shape index (κ3) is 5.44. The molecule has 2 aromatic rings. The zero-order chi connectivity index (χ0) is 23.4. The molecule has 1 N–H and O–H groups in total. The molecule has 2 aliphatic rings. The first kappa shape index (κ1) is 24.2. The highest BCUT2D eigenvalue weighted by Gasteiger charge is 2.29. The van der Waals surface area contributed by atoms with E-state index in [2.05, 4.69) is 10.2 Å². The van der Waals surface area contributed by atoms with Crippen molar-refractivity contribution in [3.05, 3.63) is 52.8 Å². The largest absolute Gasteiger partial charge is 0.379 e. The lowest BCUT2D eigenvalue weighted by atomic mass is 10.0. The summed E-state index contributed by atoms with van der Waals surface area (Å²) in [6.07, 6.45) is 4.30. The van der Waals surface area contributed by atoms with E-state index in [1.165, 1.54) is 16.6 Å². The number of aromatic nitrogens is 1. The predicted octanol–water partition coefficient (Wildman–Crippen LogP) is 2.66. The minimum absolute atomic E-state index is 0.108. The van der Waals surface area contributed by atoms with Gasteiger partial charge in [0, 0.05) is 51.0 Å². The van der Waals surface area contributed by atoms with E-state index in [9.17, 15) is 13.2 Å². The van der Waals surface area contributed by atoms with E-state index in [1.54, 1.807) is 11.6 Å². The fourth-order valence-corrected chi connectivity index (χ4v) is 6.36. The van der Waals surface area contributed by atoms with Crippen molar-refractivity contribution in [2.24, 2.45) is 7.05 Å². The summed E-state index contributed by atoms with van der Waals surface area (Å²) >= 11 is 6.48. The molecule has 1 atom stereocenters. The number of morpholine rings is 1. The Hall–Kier alpha value is -1.91. The number of amides is 1. The maximum absolute atomic E-state index is 13.1. The van der Waals surface area contributed by atoms with E-state index in [0.29, 0.717) is 43.6 Å². The van der Waals surface area contributed by atoms with Crippen molar-refractivity contribution < 1.29 is 17.9 Å². The van der Waals surface area contributed by atoms with E-state index in [-0.39, 0.29) is 16.8 Å². The first-order valence-corrected chi connectivity index (χ1v) is 13.2. The second-order valence-electron chi connectivity index (χ2n) is 8.53. The fraction of sp³-hybridized carbons (Fsp3) is 0.522. The van der Waals surface area contributed by atoms with Gasteiger partial charge in [0.1, 0.15) is 10.6 Å². The van der Waals surface area contributed by atoms with Crippen LogP contribution >= 0.6 is 11.6 Å². The smallest absolute Gasteiger partial charge is 0.268 e. The molecule has 10 heteroatoms. The van der Waals surface area contributed by atoms with E-state index in [0.717, 1.165) is 37.9 Å². The number of rotatable bonds is 7. The minimum Gasteiger partial charge on any atom is -0.379 e. The van der Waals surface area contributed by atoms with Crippen molar-refractivity contribution in [2.75, 3.05) is 45.9 Å². The fourth-order valence-electron chi connectivity index (χ4n) is 4.51. The quantitative estimate of drug-likeness (QED) is 0.639. The van der Waals surface area contributed by atoms with Crippen LogP contribution in [0.2, 0.25) is 5.02 Å². The Kier molecular flexibility index (Phi) is 7.76. The van der Waals surface area contributed by atoms with Crippen LogP contribution in [-0.4, -0.2) is 74.0 Å². The van der Waals surface area contributed by atoms with Crippen LogP contribution in [0.5, 0.6) is 0 Å². The van der Waals surface area contributed by atoms with Crippen molar-refractivity contribution in [3.63, 3.8) is 0 Å². The Morgan fingerprint density at radius 2 is 1.82 bits per heavy atom. The van der Waals surface area contributed by atoms with Gasteiger partial charge in [-0.15, -0.1) is 0 Å². The Morgan fingerprint density at radius 1 is 1.12 bits per heavy atom. The van der Waals surface area contributed by atoms with Crippen LogP contribution in [0.4, 0.5) is 0 Å². The molecule has 33 heavy (non-hydrogen) atoms. The summed E-state index contributed by atoms with van der Waals surface area (Å²) in [5.41, 5.74) is 1.26. The minimum atomic E-state index is -3.60. The van der Waals surface area contributed by atoms with Gasteiger partial charge in [-0.3, -0.25) is 9.69 Å². The van der Waals surface area contributed by atoms with Crippen molar-refractivity contribution in [1.29, 1.82) is 0 Å². The van der Waals surface area contributed by atoms with Gasteiger partial charge in [-0.05, 0) is 30.5 Å². The molecule has 1 aromatic heterocycles. The molecule has 1 amide bonds. The van der Waals surface area contributed by atoms with Gasteiger partial charge in [0.15, 0.2) is 0 Å². The van der Waals surface area contributed by atoms with Crippen LogP contribution in [0.15, 0.2) is 41.4 Å². The topological polar surface area (TPSA) is 83.9 Å². The Bertz CT molecular complexity index is 1080. The summed E-state index contributed by atoms with van der Waals surface area (Å²) in [5.74, 6) is -0.317. The molecule has 2 aliphatic heterocycles. The third-order valence-electron chi connectivity index (χ3n) is 6.37. The van der Waals surface area contributed by atoms with Gasteiger partial charge in [0.2, 0.25) is 10.0 Å². The average molecular weight is 495 g/mol. The van der Waals surface area contributed by atoms with E-state index in [4.69, 9.17) is 16.3 Å². The van der Waals surface area contributed by atoms with Crippen LogP contribution in [0, 0.1) is 0 Å². The van der Waals surface area contributed by atoms with Gasteiger partial charge in [-0.2, -0.15) is 4.31 Å². The Morgan fingerprint density at radius 3 is 2.52 bits per heavy atom. The molecule has 2 fully saturated rings. The molecular weight excluding hydrogens is 464 g/mol. The lowest BCUT2D eigenvalue weighted by molar-refractivity contribution is 0.0162. The maximum Gasteiger partial charge on any atom is 0.268 e. The number of nitrogens with one attached hydrogen (secondary N) is 1. The molecule has 0 spiro atoms. The molecule has 0 saturated carbocycles. The summed E-state index contributed by atoms with van der Waals surface area (Å²) in [6.45, 7) is 4.15. The highest BCUT2D eigenvalue weighted by molar-refractivity contribution is 7.89. The number of benzene rings is 1. The molecule has 180 valence electrons. The van der Waals surface area contributed by atoms with Gasteiger partial charge in [-0.1, -0.05) is 36.2 Å². The van der Waals surface area contributed by atoms with Crippen molar-refractivity contribution in [2.45, 2.75) is 30.2 Å². The number of piperidine rings is 1. The molecule has 8 nitrogen and oxygen atoms in total. The van der Waals surface area contributed by atoms with Crippen LogP contribution < -0.4 is 5.32 Å². The first-order chi connectivity index (χ1) is 15.9. The molecule has 3 heterocycles. The Labute approximate surface area is 200 Å². The van der Waals surface area contributed by atoms with E-state index in [1.807, 2.05) is 24.3 Å². The molecule has 0 aliphatic carbocycles. The van der Waals surface area contributed by atoms with Gasteiger partial charge in [0.05, 0.1) is 19.3 Å². The highest BCUT2D eigenvalue weighted by Crippen LogP contribution is 2.28. The predicted molar refractivity (Wildman–Crippen MR) is 127 cm³/mol. The monoisotopic (exact) mass is 494 g/mol. The van der Waals surface area contributed by atoms with E-state index >= 15 is 0 Å². The van der Waals surface area contributed by atoms with Crippen LogP contribution in [0.25, 0.3) is 0 Å². The van der Waals surface area contributed by atoms with Gasteiger partial charge in [0.25, 0.3) is 5.91 Å². The summed E-state index contributed by atoms with van der Waals surface area (Å²) in [7, 11) is -1.91. The zero-order valence-corrected chi connectivity index (χ0v) is 20.4. The molecular formula is C23H31ClN4O4S. The molecule has 1 unspecified atom stereocenters. The van der Waals surface area contributed by atoms with Crippen molar-refractivity contribution in [3.8, 4) is 0 Å². The number of aryl methyl sites for hydroxylation is 1. The van der Waals surface area contributed by atoms with Gasteiger partial charge >= 0.3 is 0 Å². The van der Waals surface area contributed by atoms with Crippen molar-refractivity contribution >= 4 is 27.5 Å². The SMILES string of the molecule is Cn1cc(S(=O)(=O)N2CCCCC2)cc1C(=O)NCC(c1ccccc1Cl)N1CCOCC1. The number of halogens is 1. The number of sulfonamides is 1. The second-order valence-corrected chi connectivity index (χ2v) is 10.9. The molecule has 1 aromatic carbocycles. The molecule has 4 rings (SSSR count). The first-order valence-electron chi connectivity index (χ1n) is 11.4. The van der Waals surface area contributed by atoms with E-state index < -0.39 is 10.0 Å². The number of hydrogen-bond acceptors (Lipinski definition) is 5. The van der Waals surface area contributed by atoms with Crippen molar-refractivity contribution in [1.82, 2.24) is 19.1 Å². The summed E-state index contributed by atoms with van der Waals surface area (Å²) in [4.78, 5) is 15.5. The van der Waals surface area contributed by atoms with Gasteiger partial charge < -0.3 is 14.6 Å². The summed E-state index contributed by atoms with van der Waals surface area (Å²) in [5, 5.41) is 3.65. The molecule has 0 radical (unpaired) electrons. The number of hydrogen-bond donors (Lipinski definition) is 1. The highest BCUT2D eigenvalue weighted by atomic mass is 35.5. The zero-order valence-electron chi connectivity index (χ0n) is 18.9. The lowest BCUT2D eigenvalue weighted by Gasteiger charge is -2.35. The third-order valence-corrected chi connectivity index (χ3v) is 8.58. The normalized spacial score (nSPS) is 19.3.